The van der Waals surface area contributed by atoms with E-state index in [1.807, 2.05) is 0 Å². The van der Waals surface area contributed by atoms with Gasteiger partial charge in [0.2, 0.25) is 5.91 Å². The molecular weight excluding hydrogens is 154 g/mol. The van der Waals surface area contributed by atoms with Gasteiger partial charge in [-0.05, 0) is 24.2 Å². The van der Waals surface area contributed by atoms with Crippen molar-refractivity contribution in [2.45, 2.75) is 6.85 Å². The summed E-state index contributed by atoms with van der Waals surface area (Å²) in [6, 6.07) is -2.65. The minimum atomic E-state index is -3.12. The van der Waals surface area contributed by atoms with Crippen molar-refractivity contribution in [3.63, 3.8) is 0 Å². The molecule has 0 aliphatic rings. The van der Waals surface area contributed by atoms with Crippen LogP contribution < -0.4 is 10.0 Å². The summed E-state index contributed by atoms with van der Waals surface area (Å²) >= 11 is 0. The number of methoxy groups -OCH3 is 1. The maximum absolute atomic E-state index is 11.5. The lowest BCUT2D eigenvalue weighted by atomic mass is 10.3. The number of carbonyl (C=O) groups is 1. The Morgan fingerprint density at radius 3 is 2.83 bits per heavy atom. The molecular formula is C9H11NO2. The van der Waals surface area contributed by atoms with Crippen molar-refractivity contribution in [2.75, 3.05) is 12.4 Å². The Balaban J connectivity index is 3.51. The first-order valence-corrected chi connectivity index (χ1v) is 3.01. The van der Waals surface area contributed by atoms with E-state index in [9.17, 15) is 4.79 Å². The summed E-state index contributed by atoms with van der Waals surface area (Å²) in [6.07, 6.45) is 0. The van der Waals surface area contributed by atoms with Crippen LogP contribution in [-0.4, -0.2) is 13.0 Å². The van der Waals surface area contributed by atoms with Gasteiger partial charge in [-0.25, -0.2) is 0 Å². The molecule has 0 spiro atoms. The molecule has 0 saturated carbocycles. The maximum atomic E-state index is 11.5. The Kier molecular flexibility index (Phi) is 0.866. The van der Waals surface area contributed by atoms with E-state index in [0.717, 1.165) is 7.11 Å². The van der Waals surface area contributed by atoms with Crippen LogP contribution in [0.3, 0.4) is 0 Å². The third-order valence-corrected chi connectivity index (χ3v) is 1.01. The average molecular weight is 173 g/mol. The van der Waals surface area contributed by atoms with Crippen molar-refractivity contribution in [1.29, 1.82) is 0 Å². The van der Waals surface area contributed by atoms with Crippen LogP contribution in [0.15, 0.2) is 24.2 Å². The van der Waals surface area contributed by atoms with Gasteiger partial charge in [0, 0.05) is 16.7 Å². The molecule has 12 heavy (non-hydrogen) atoms. The van der Waals surface area contributed by atoms with Gasteiger partial charge < -0.3 is 10.0 Å². The molecule has 1 N–H and O–H groups in total. The quantitative estimate of drug-likeness (QED) is 0.738. The lowest BCUT2D eigenvalue weighted by molar-refractivity contribution is -0.114. The molecule has 1 aromatic rings. The molecule has 0 heterocycles. The second-order valence-electron chi connectivity index (χ2n) is 1.80. The van der Waals surface area contributed by atoms with Gasteiger partial charge in [-0.15, -0.1) is 0 Å². The average Bonchev–Trinajstić information content (AvgIpc) is 2.35. The summed E-state index contributed by atoms with van der Waals surface area (Å²) in [5.74, 6) is -1.97. The fraction of sp³-hybridized carbons (Fsp3) is 0.222. The first-order valence-electron chi connectivity index (χ1n) is 6.96. The van der Waals surface area contributed by atoms with E-state index in [-0.39, 0.29) is 11.1 Å². The normalized spacial score (nSPS) is 19.8. The predicted molar refractivity (Wildman–Crippen MR) is 47.3 cm³/mol. The third kappa shape index (κ3) is 2.27. The van der Waals surface area contributed by atoms with E-state index in [2.05, 4.69) is 0 Å². The molecule has 0 fully saturated rings. The number of carbonyl (C=O) groups excluding carboxylic acids is 1. The molecule has 0 aliphatic carbocycles. The predicted octanol–water partition coefficient (Wildman–Crippen LogP) is 1.65. The zero-order chi connectivity index (χ0) is 15.8. The van der Waals surface area contributed by atoms with Crippen molar-refractivity contribution in [3.05, 3.63) is 24.2 Å². The Morgan fingerprint density at radius 2 is 2.33 bits per heavy atom. The van der Waals surface area contributed by atoms with E-state index in [0.29, 0.717) is 0 Å². The lowest BCUT2D eigenvalue weighted by Gasteiger charge is -2.02. The van der Waals surface area contributed by atoms with Crippen molar-refractivity contribution >= 4 is 11.6 Å². The van der Waals surface area contributed by atoms with E-state index < -0.39 is 42.6 Å². The highest BCUT2D eigenvalue weighted by atomic mass is 16.5. The number of benzene rings is 1. The molecule has 0 aromatic heterocycles. The minimum absolute atomic E-state index is 0.146. The molecule has 3 nitrogen and oxygen atoms in total. The molecule has 0 unspecified atom stereocenters. The Bertz CT molecular complexity index is 527. The molecule has 0 aliphatic heterocycles. The molecule has 1 aromatic carbocycles. The second-order valence-corrected chi connectivity index (χ2v) is 1.80. The van der Waals surface area contributed by atoms with Crippen LogP contribution >= 0.6 is 0 Å². The first kappa shape index (κ1) is 2.76. The summed E-state index contributed by atoms with van der Waals surface area (Å²) in [6.45, 7) is -3.12. The Labute approximate surface area is 82.6 Å². The van der Waals surface area contributed by atoms with Crippen molar-refractivity contribution in [1.82, 2.24) is 0 Å². The van der Waals surface area contributed by atoms with Gasteiger partial charge in [0.05, 0.1) is 12.6 Å². The Morgan fingerprint density at radius 1 is 1.67 bits per heavy atom. The van der Waals surface area contributed by atoms with Crippen LogP contribution in [0.25, 0.3) is 0 Å². The second kappa shape index (κ2) is 3.76. The fourth-order valence-electron chi connectivity index (χ4n) is 0.554. The van der Waals surface area contributed by atoms with Crippen molar-refractivity contribution in [2.24, 2.45) is 0 Å². The summed E-state index contributed by atoms with van der Waals surface area (Å²) < 4.78 is 63.4. The van der Waals surface area contributed by atoms with Gasteiger partial charge in [0.1, 0.15) is 5.75 Å². The summed E-state index contributed by atoms with van der Waals surface area (Å²) in [5, 5.41) is -0.146. The minimum Gasteiger partial charge on any atom is -0.497 e. The molecule has 3 heteroatoms. The molecule has 0 saturated heterocycles. The van der Waals surface area contributed by atoms with Gasteiger partial charge in [-0.2, -0.15) is 0 Å². The fourth-order valence-corrected chi connectivity index (χ4v) is 0.554. The molecule has 0 atom stereocenters. The zero-order valence-corrected chi connectivity index (χ0v) is 6.26. The number of amides is 1. The van der Waals surface area contributed by atoms with Crippen LogP contribution in [-0.2, 0) is 4.79 Å². The van der Waals surface area contributed by atoms with Gasteiger partial charge in [-0.3, -0.25) is 4.79 Å². The highest BCUT2D eigenvalue weighted by molar-refractivity contribution is 5.88. The number of nitrogens with one attached hydrogen (secondary N) is 1. The monoisotopic (exact) mass is 173 g/mol. The Hall–Kier alpha value is -1.51. The molecule has 0 bridgehead atoms. The SMILES string of the molecule is [2H]c1c([2H])c(N([2H])C(=O)C([2H])([2H])[2H])c([2H])c([2H])c1OC. The van der Waals surface area contributed by atoms with Gasteiger partial charge in [-0.1, -0.05) is 0 Å². The summed E-state index contributed by atoms with van der Waals surface area (Å²) in [4.78, 5) is 11.5. The molecule has 1 amide bonds. The highest BCUT2D eigenvalue weighted by Gasteiger charge is 1.94. The zero-order valence-electron chi connectivity index (χ0n) is 14.3. The van der Waals surface area contributed by atoms with Crippen molar-refractivity contribution < 1.29 is 20.5 Å². The third-order valence-electron chi connectivity index (χ3n) is 1.01. The lowest BCUT2D eigenvalue weighted by Crippen LogP contribution is -2.05. The standard InChI is InChI=1S/C9H11NO2/c1-7(11)10-8-3-5-9(12-2)6-4-8/h3-6H,1-2H3,(H,10,11)/i1D3,3D,4D,5D,6D/hD. The highest BCUT2D eigenvalue weighted by Crippen LogP contribution is 2.14. The van der Waals surface area contributed by atoms with E-state index >= 15 is 0 Å². The molecule has 1 rings (SSSR count). The van der Waals surface area contributed by atoms with Crippen LogP contribution in [0.4, 0.5) is 5.69 Å². The first-order chi connectivity index (χ1) is 9.03. The number of anilines is 1. The van der Waals surface area contributed by atoms with E-state index in [4.69, 9.17) is 15.7 Å². The largest absolute Gasteiger partial charge is 0.497 e. The summed E-state index contributed by atoms with van der Waals surface area (Å²) in [5.41, 5.74) is -0.734. The van der Waals surface area contributed by atoms with E-state index in [1.165, 1.54) is 0 Å². The van der Waals surface area contributed by atoms with Crippen LogP contribution in [0, 0.1) is 0 Å². The van der Waals surface area contributed by atoms with Crippen LogP contribution in [0.2, 0.25) is 1.41 Å². The number of hydrogen-bond donors (Lipinski definition) is 1. The van der Waals surface area contributed by atoms with E-state index in [1.54, 1.807) is 0 Å². The van der Waals surface area contributed by atoms with Gasteiger partial charge in [0.25, 0.3) is 0 Å². The van der Waals surface area contributed by atoms with Crippen LogP contribution in [0.1, 0.15) is 16.4 Å². The smallest absolute Gasteiger partial charge is 0.221 e. The number of ether oxygens (including phenoxy) is 1. The van der Waals surface area contributed by atoms with Gasteiger partial charge in [0.15, 0.2) is 1.41 Å². The number of rotatable bonds is 2. The van der Waals surface area contributed by atoms with Gasteiger partial charge >= 0.3 is 0 Å². The van der Waals surface area contributed by atoms with Crippen LogP contribution in [0.5, 0.6) is 5.75 Å². The maximum Gasteiger partial charge on any atom is 0.221 e. The topological polar surface area (TPSA) is 38.3 Å². The number of hydrogen-bond acceptors (Lipinski definition) is 2. The molecule has 64 valence electrons. The van der Waals surface area contributed by atoms with Crippen molar-refractivity contribution in [3.8, 4) is 5.75 Å². The molecule has 0 radical (unpaired) electrons. The summed E-state index contributed by atoms with van der Waals surface area (Å²) in [7, 11) is 1.15.